The summed E-state index contributed by atoms with van der Waals surface area (Å²) in [6.45, 7) is 8.22. The Morgan fingerprint density at radius 3 is 2.95 bits per heavy atom. The van der Waals surface area contributed by atoms with Gasteiger partial charge in [-0.05, 0) is 24.5 Å². The minimum Gasteiger partial charge on any atom is -0.489 e. The van der Waals surface area contributed by atoms with Gasteiger partial charge in [0.2, 0.25) is 0 Å². The average molecular weight is 276 g/mol. The van der Waals surface area contributed by atoms with Gasteiger partial charge in [-0.1, -0.05) is 12.7 Å². The quantitative estimate of drug-likeness (QED) is 0.854. The van der Waals surface area contributed by atoms with Crippen LogP contribution in [0.4, 0.5) is 4.39 Å². The number of hydrogen-bond acceptors (Lipinski definition) is 3. The molecular formula is C16H21FN2O. The molecule has 0 amide bonds. The second-order valence-electron chi connectivity index (χ2n) is 5.42. The maximum Gasteiger partial charge on any atom is 0.127 e. The summed E-state index contributed by atoms with van der Waals surface area (Å²) in [7, 11) is 0. The third-order valence-electron chi connectivity index (χ3n) is 4.16. The van der Waals surface area contributed by atoms with Gasteiger partial charge in [0, 0.05) is 43.9 Å². The minimum absolute atomic E-state index is 0.205. The van der Waals surface area contributed by atoms with Crippen LogP contribution in [0.5, 0.6) is 5.75 Å². The van der Waals surface area contributed by atoms with Gasteiger partial charge in [0.1, 0.15) is 18.2 Å². The van der Waals surface area contributed by atoms with Crippen LogP contribution in [0.2, 0.25) is 0 Å². The van der Waals surface area contributed by atoms with Gasteiger partial charge in [0.15, 0.2) is 0 Å². The first-order valence-corrected chi connectivity index (χ1v) is 7.30. The van der Waals surface area contributed by atoms with Crippen LogP contribution in [0.25, 0.3) is 0 Å². The van der Waals surface area contributed by atoms with E-state index < -0.39 is 0 Å². The molecule has 1 aromatic carbocycles. The molecule has 1 atom stereocenters. The maximum atomic E-state index is 13.7. The highest BCUT2D eigenvalue weighted by Gasteiger charge is 2.32. The van der Waals surface area contributed by atoms with E-state index in [1.54, 1.807) is 12.1 Å². The van der Waals surface area contributed by atoms with E-state index >= 15 is 0 Å². The van der Waals surface area contributed by atoms with Crippen LogP contribution < -0.4 is 10.1 Å². The van der Waals surface area contributed by atoms with Gasteiger partial charge in [0.25, 0.3) is 0 Å². The molecule has 1 saturated heterocycles. The van der Waals surface area contributed by atoms with Crippen LogP contribution in [-0.2, 0) is 6.42 Å². The first-order chi connectivity index (χ1) is 9.79. The molecule has 3 rings (SSSR count). The molecule has 1 heterocycles. The Morgan fingerprint density at radius 2 is 2.20 bits per heavy atom. The minimum atomic E-state index is -0.205. The van der Waals surface area contributed by atoms with E-state index in [0.717, 1.165) is 44.6 Å². The zero-order chi connectivity index (χ0) is 13.9. The Kier molecular flexibility index (Phi) is 4.03. The normalized spacial score (nSPS) is 22.6. The standard InChI is InChI=1S/C16H21FN2O/c1-2-9-20-15-11-13(17)10-12-3-4-14(16(12)15)19-7-5-18-6-8-19/h2,10-11,14,18H,1,3-9H2. The average Bonchev–Trinajstić information content (AvgIpc) is 2.89. The predicted octanol–water partition coefficient (Wildman–Crippen LogP) is 2.28. The third-order valence-corrected chi connectivity index (χ3v) is 4.16. The SMILES string of the molecule is C=CCOc1cc(F)cc2c1C(N1CCNCC1)CC2. The summed E-state index contributed by atoms with van der Waals surface area (Å²) in [6, 6.07) is 3.55. The predicted molar refractivity (Wildman–Crippen MR) is 77.6 cm³/mol. The highest BCUT2D eigenvalue weighted by Crippen LogP contribution is 2.42. The molecule has 1 aromatic rings. The zero-order valence-electron chi connectivity index (χ0n) is 11.7. The van der Waals surface area contributed by atoms with Gasteiger partial charge in [-0.3, -0.25) is 4.90 Å². The molecule has 1 unspecified atom stereocenters. The van der Waals surface area contributed by atoms with Gasteiger partial charge in [-0.2, -0.15) is 0 Å². The molecule has 0 bridgehead atoms. The van der Waals surface area contributed by atoms with E-state index in [9.17, 15) is 4.39 Å². The fourth-order valence-electron chi connectivity index (χ4n) is 3.30. The number of nitrogens with zero attached hydrogens (tertiary/aromatic N) is 1. The van der Waals surface area contributed by atoms with Crippen molar-refractivity contribution in [3.63, 3.8) is 0 Å². The van der Waals surface area contributed by atoms with Crippen molar-refractivity contribution >= 4 is 0 Å². The van der Waals surface area contributed by atoms with Gasteiger partial charge >= 0.3 is 0 Å². The molecule has 0 saturated carbocycles. The Morgan fingerprint density at radius 1 is 1.40 bits per heavy atom. The maximum absolute atomic E-state index is 13.7. The molecule has 0 spiro atoms. The molecule has 4 heteroatoms. The molecule has 20 heavy (non-hydrogen) atoms. The lowest BCUT2D eigenvalue weighted by molar-refractivity contribution is 0.170. The summed E-state index contributed by atoms with van der Waals surface area (Å²) in [5.41, 5.74) is 2.29. The number of fused-ring (bicyclic) bond motifs is 1. The van der Waals surface area contributed by atoms with Crippen LogP contribution in [0.1, 0.15) is 23.6 Å². The lowest BCUT2D eigenvalue weighted by Crippen LogP contribution is -2.44. The number of halogens is 1. The smallest absolute Gasteiger partial charge is 0.127 e. The van der Waals surface area contributed by atoms with E-state index in [-0.39, 0.29) is 5.82 Å². The van der Waals surface area contributed by atoms with Crippen molar-refractivity contribution in [1.82, 2.24) is 10.2 Å². The Balaban J connectivity index is 1.91. The molecular weight excluding hydrogens is 255 g/mol. The topological polar surface area (TPSA) is 24.5 Å². The molecule has 0 aromatic heterocycles. The number of nitrogens with one attached hydrogen (secondary N) is 1. The van der Waals surface area contributed by atoms with Gasteiger partial charge in [-0.15, -0.1) is 0 Å². The molecule has 1 N–H and O–H groups in total. The summed E-state index contributed by atoms with van der Waals surface area (Å²) in [5.74, 6) is 0.490. The second kappa shape index (κ2) is 5.94. The summed E-state index contributed by atoms with van der Waals surface area (Å²) in [6.07, 6.45) is 3.70. The first-order valence-electron chi connectivity index (χ1n) is 7.30. The number of piperazine rings is 1. The highest BCUT2D eigenvalue weighted by atomic mass is 19.1. The fraction of sp³-hybridized carbons (Fsp3) is 0.500. The number of hydrogen-bond donors (Lipinski definition) is 1. The van der Waals surface area contributed by atoms with E-state index in [0.29, 0.717) is 18.4 Å². The van der Waals surface area contributed by atoms with Crippen LogP contribution in [-0.4, -0.2) is 37.7 Å². The van der Waals surface area contributed by atoms with Crippen LogP contribution in [0.15, 0.2) is 24.8 Å². The lowest BCUT2D eigenvalue weighted by atomic mass is 10.0. The zero-order valence-corrected chi connectivity index (χ0v) is 11.7. The number of aryl methyl sites for hydroxylation is 1. The van der Waals surface area contributed by atoms with E-state index in [2.05, 4.69) is 16.8 Å². The molecule has 3 nitrogen and oxygen atoms in total. The molecule has 1 aliphatic carbocycles. The van der Waals surface area contributed by atoms with Crippen molar-refractivity contribution in [1.29, 1.82) is 0 Å². The molecule has 0 radical (unpaired) electrons. The highest BCUT2D eigenvalue weighted by molar-refractivity contribution is 5.46. The Labute approximate surface area is 119 Å². The molecule has 1 fully saturated rings. The summed E-state index contributed by atoms with van der Waals surface area (Å²) in [5, 5.41) is 3.37. The summed E-state index contributed by atoms with van der Waals surface area (Å²) >= 11 is 0. The Bertz CT molecular complexity index is 497. The number of ether oxygens (including phenoxy) is 1. The van der Waals surface area contributed by atoms with E-state index in [4.69, 9.17) is 4.74 Å². The number of rotatable bonds is 4. The Hall–Kier alpha value is -1.39. The molecule has 1 aliphatic heterocycles. The fourth-order valence-corrected chi connectivity index (χ4v) is 3.30. The van der Waals surface area contributed by atoms with Crippen molar-refractivity contribution in [3.05, 3.63) is 41.7 Å². The number of benzene rings is 1. The summed E-state index contributed by atoms with van der Waals surface area (Å²) in [4.78, 5) is 2.49. The van der Waals surface area contributed by atoms with Crippen molar-refractivity contribution in [3.8, 4) is 5.75 Å². The monoisotopic (exact) mass is 276 g/mol. The lowest BCUT2D eigenvalue weighted by Gasteiger charge is -2.33. The molecule has 108 valence electrons. The van der Waals surface area contributed by atoms with Gasteiger partial charge in [-0.25, -0.2) is 4.39 Å². The van der Waals surface area contributed by atoms with Gasteiger partial charge in [0.05, 0.1) is 0 Å². The van der Waals surface area contributed by atoms with Crippen molar-refractivity contribution in [2.75, 3.05) is 32.8 Å². The largest absolute Gasteiger partial charge is 0.489 e. The molecule has 2 aliphatic rings. The second-order valence-corrected chi connectivity index (χ2v) is 5.42. The first kappa shape index (κ1) is 13.6. The van der Waals surface area contributed by atoms with Crippen molar-refractivity contribution in [2.45, 2.75) is 18.9 Å². The summed E-state index contributed by atoms with van der Waals surface area (Å²) < 4.78 is 19.4. The van der Waals surface area contributed by atoms with Crippen LogP contribution in [0.3, 0.4) is 0 Å². The van der Waals surface area contributed by atoms with Crippen molar-refractivity contribution in [2.24, 2.45) is 0 Å². The third kappa shape index (κ3) is 2.58. The van der Waals surface area contributed by atoms with E-state index in [1.165, 1.54) is 11.6 Å². The van der Waals surface area contributed by atoms with Gasteiger partial charge < -0.3 is 10.1 Å². The van der Waals surface area contributed by atoms with E-state index in [1.807, 2.05) is 0 Å². The van der Waals surface area contributed by atoms with Crippen LogP contribution in [0, 0.1) is 5.82 Å². The van der Waals surface area contributed by atoms with Crippen LogP contribution >= 0.6 is 0 Å². The van der Waals surface area contributed by atoms with Crippen molar-refractivity contribution < 1.29 is 9.13 Å².